The third-order valence-corrected chi connectivity index (χ3v) is 15.1. The van der Waals surface area contributed by atoms with Crippen molar-refractivity contribution in [1.82, 2.24) is 0 Å². The molecular formula is C39H75S+. The molecule has 2 aliphatic carbocycles. The Balaban J connectivity index is 2.16. The Bertz CT molecular complexity index is 745. The predicted molar refractivity (Wildman–Crippen MR) is 185 cm³/mol. The average Bonchev–Trinajstić information content (AvgIpc) is 3.04. The largest absolute Gasteiger partial charge is 0.159 e. The van der Waals surface area contributed by atoms with Crippen LogP contribution >= 0.6 is 11.8 Å². The maximum Gasteiger partial charge on any atom is 0.108 e. The van der Waals surface area contributed by atoms with Crippen LogP contribution in [-0.4, -0.2) is 11.0 Å². The van der Waals surface area contributed by atoms with Crippen LogP contribution < -0.4 is 0 Å². The molecule has 4 atom stereocenters. The van der Waals surface area contributed by atoms with E-state index >= 15 is 0 Å². The van der Waals surface area contributed by atoms with Gasteiger partial charge in [-0.1, -0.05) is 101 Å². The highest BCUT2D eigenvalue weighted by atomic mass is 32.2. The highest BCUT2D eigenvalue weighted by Crippen LogP contribution is 2.61. The number of thioether (sulfide) groups is 1. The van der Waals surface area contributed by atoms with Crippen LogP contribution in [0.4, 0.5) is 0 Å². The molecule has 0 saturated heterocycles. The van der Waals surface area contributed by atoms with Gasteiger partial charge in [0.05, 0.1) is 6.42 Å². The molecule has 2 aliphatic rings. The van der Waals surface area contributed by atoms with Gasteiger partial charge in [0.1, 0.15) is 10.8 Å². The lowest BCUT2D eigenvalue weighted by atomic mass is 9.47. The minimum atomic E-state index is 0.175. The minimum absolute atomic E-state index is 0.175. The molecule has 0 bridgehead atoms. The summed E-state index contributed by atoms with van der Waals surface area (Å²) < 4.78 is 0.419. The predicted octanol–water partition coefficient (Wildman–Crippen LogP) is 13.4. The van der Waals surface area contributed by atoms with Gasteiger partial charge in [-0.15, -0.1) is 0 Å². The van der Waals surface area contributed by atoms with Gasteiger partial charge in [0.25, 0.3) is 0 Å². The lowest BCUT2D eigenvalue weighted by molar-refractivity contribution is -0.0597. The maximum atomic E-state index is 2.86. The summed E-state index contributed by atoms with van der Waals surface area (Å²) in [7, 11) is 0. The Morgan fingerprint density at radius 2 is 0.850 bits per heavy atom. The lowest BCUT2D eigenvalue weighted by Crippen LogP contribution is -2.50. The molecule has 0 heterocycles. The van der Waals surface area contributed by atoms with Gasteiger partial charge in [0.15, 0.2) is 0 Å². The summed E-state index contributed by atoms with van der Waals surface area (Å²) >= 11 is 2.09. The Morgan fingerprint density at radius 1 is 0.475 bits per heavy atom. The molecule has 0 spiro atoms. The van der Waals surface area contributed by atoms with Gasteiger partial charge in [-0.3, -0.25) is 0 Å². The van der Waals surface area contributed by atoms with Crippen molar-refractivity contribution in [3.05, 3.63) is 6.42 Å². The second kappa shape index (κ2) is 13.9. The molecule has 2 saturated carbocycles. The molecule has 0 amide bonds. The zero-order valence-corrected chi connectivity index (χ0v) is 31.0. The molecule has 0 aromatic heterocycles. The number of rotatable bonds is 8. The fourth-order valence-electron chi connectivity index (χ4n) is 9.12. The molecule has 0 aromatic rings. The van der Waals surface area contributed by atoms with E-state index in [1.165, 1.54) is 89.9 Å². The van der Waals surface area contributed by atoms with Gasteiger partial charge >= 0.3 is 0 Å². The first kappa shape index (κ1) is 36.4. The van der Waals surface area contributed by atoms with Crippen molar-refractivity contribution in [3.63, 3.8) is 0 Å². The van der Waals surface area contributed by atoms with Gasteiger partial charge in [0, 0.05) is 16.1 Å². The summed E-state index contributed by atoms with van der Waals surface area (Å²) in [5.74, 6) is 3.39. The fraction of sp³-hybridized carbons (Fsp3) is 0.974. The first-order chi connectivity index (χ1) is 18.2. The summed E-state index contributed by atoms with van der Waals surface area (Å²) in [4.78, 5) is 0. The number of hydrogen-bond donors (Lipinski definition) is 0. The second-order valence-electron chi connectivity index (χ2n) is 18.4. The lowest BCUT2D eigenvalue weighted by Gasteiger charge is -2.53. The van der Waals surface area contributed by atoms with E-state index in [1.807, 2.05) is 0 Å². The molecular weight excluding hydrogens is 500 g/mol. The van der Waals surface area contributed by atoms with E-state index in [0.717, 1.165) is 23.7 Å². The molecule has 0 aliphatic heterocycles. The van der Waals surface area contributed by atoms with Crippen LogP contribution in [0.1, 0.15) is 180 Å². The standard InChI is InChI=1S/C39H75S/c1-34(2,3)30-21-15-17-23-32(27-19-25-30)37(8,9)39(12,13)36(6,7)29-35(4,5)31-22-16-18-24-33(28-20-26-31)38(10,11)40-14/h29-33H,15-28H2,1-14H3/q+1. The van der Waals surface area contributed by atoms with Gasteiger partial charge in [-0.2, -0.15) is 11.8 Å². The van der Waals surface area contributed by atoms with Crippen molar-refractivity contribution in [2.75, 3.05) is 6.26 Å². The van der Waals surface area contributed by atoms with Gasteiger partial charge < -0.3 is 0 Å². The molecule has 0 aromatic carbocycles. The van der Waals surface area contributed by atoms with Crippen molar-refractivity contribution in [2.45, 2.75) is 185 Å². The van der Waals surface area contributed by atoms with Crippen molar-refractivity contribution in [3.8, 4) is 0 Å². The molecule has 0 radical (unpaired) electrons. The Morgan fingerprint density at radius 3 is 1.35 bits per heavy atom. The van der Waals surface area contributed by atoms with Crippen LogP contribution in [0.2, 0.25) is 0 Å². The molecule has 0 nitrogen and oxygen atoms in total. The zero-order chi connectivity index (χ0) is 30.6. The molecule has 236 valence electrons. The molecule has 2 fully saturated rings. The summed E-state index contributed by atoms with van der Waals surface area (Å²) in [5, 5.41) is 0. The normalized spacial score (nSPS) is 27.9. The van der Waals surface area contributed by atoms with Gasteiger partial charge in [0.2, 0.25) is 0 Å². The Labute approximate surface area is 259 Å². The van der Waals surface area contributed by atoms with Crippen LogP contribution in [0.15, 0.2) is 0 Å². The third kappa shape index (κ3) is 8.88. The van der Waals surface area contributed by atoms with E-state index in [0.29, 0.717) is 15.6 Å². The smallest absolute Gasteiger partial charge is 0.108 e. The van der Waals surface area contributed by atoms with E-state index in [-0.39, 0.29) is 16.2 Å². The number of hydrogen-bond acceptors (Lipinski definition) is 1. The van der Waals surface area contributed by atoms with Crippen LogP contribution in [0.3, 0.4) is 0 Å². The third-order valence-electron chi connectivity index (χ3n) is 13.7. The average molecular weight is 576 g/mol. The molecule has 2 rings (SSSR count). The fourth-order valence-corrected chi connectivity index (χ4v) is 9.69. The Kier molecular flexibility index (Phi) is 12.6. The summed E-state index contributed by atoms with van der Waals surface area (Å²) in [5.41, 5.74) is 1.43. The van der Waals surface area contributed by atoms with E-state index in [1.54, 1.807) is 0 Å². The molecule has 4 unspecified atom stereocenters. The van der Waals surface area contributed by atoms with Gasteiger partial charge in [-0.25, -0.2) is 0 Å². The quantitative estimate of drug-likeness (QED) is 0.259. The maximum absolute atomic E-state index is 2.86. The highest BCUT2D eigenvalue weighted by molar-refractivity contribution is 7.99. The van der Waals surface area contributed by atoms with E-state index < -0.39 is 0 Å². The van der Waals surface area contributed by atoms with E-state index in [4.69, 9.17) is 0 Å². The first-order valence-corrected chi connectivity index (χ1v) is 18.8. The zero-order valence-electron chi connectivity index (χ0n) is 30.2. The summed E-state index contributed by atoms with van der Waals surface area (Å²) in [6.45, 7) is 33.3. The van der Waals surface area contributed by atoms with E-state index in [9.17, 15) is 0 Å². The Hall–Kier alpha value is 0.220. The van der Waals surface area contributed by atoms with Crippen molar-refractivity contribution >= 4 is 11.8 Å². The van der Waals surface area contributed by atoms with Crippen LogP contribution in [-0.2, 0) is 0 Å². The van der Waals surface area contributed by atoms with Crippen LogP contribution in [0.5, 0.6) is 0 Å². The second-order valence-corrected chi connectivity index (χ2v) is 19.9. The SMILES string of the molecule is CSC(C)(C)C1CCCCC(C(C)(C)[CH+]C(C)(C)C(C)(C)C(C)(C)C2CCCCC(C(C)(C)C)CCC2)CCC1. The van der Waals surface area contributed by atoms with Crippen molar-refractivity contribution < 1.29 is 0 Å². The summed E-state index contributed by atoms with van der Waals surface area (Å²) in [6, 6.07) is 0. The molecule has 0 N–H and O–H groups in total. The monoisotopic (exact) mass is 576 g/mol. The van der Waals surface area contributed by atoms with Crippen LogP contribution in [0.25, 0.3) is 0 Å². The van der Waals surface area contributed by atoms with Crippen molar-refractivity contribution in [1.29, 1.82) is 0 Å². The summed E-state index contributed by atoms with van der Waals surface area (Å²) in [6.07, 6.45) is 25.0. The van der Waals surface area contributed by atoms with Crippen molar-refractivity contribution in [2.24, 2.45) is 50.7 Å². The molecule has 1 heteroatoms. The minimum Gasteiger partial charge on any atom is -0.159 e. The van der Waals surface area contributed by atoms with Crippen LogP contribution in [0, 0.1) is 57.2 Å². The van der Waals surface area contributed by atoms with E-state index in [2.05, 4.69) is 114 Å². The molecule has 40 heavy (non-hydrogen) atoms. The highest BCUT2D eigenvalue weighted by Gasteiger charge is 2.58. The van der Waals surface area contributed by atoms with Gasteiger partial charge in [-0.05, 0) is 114 Å². The topological polar surface area (TPSA) is 0 Å². The first-order valence-electron chi connectivity index (χ1n) is 17.6.